The molecule has 1 amide bonds. The minimum atomic E-state index is 0.108. The lowest BCUT2D eigenvalue weighted by atomic mass is 9.77. The third-order valence-corrected chi connectivity index (χ3v) is 7.09. The van der Waals surface area contributed by atoms with Crippen LogP contribution in [0.15, 0.2) is 23.0 Å². The van der Waals surface area contributed by atoms with Crippen molar-refractivity contribution in [2.24, 2.45) is 11.8 Å². The van der Waals surface area contributed by atoms with Crippen molar-refractivity contribution < 1.29 is 9.53 Å². The summed E-state index contributed by atoms with van der Waals surface area (Å²) in [6.07, 6.45) is 5.67. The summed E-state index contributed by atoms with van der Waals surface area (Å²) in [7, 11) is 5.88. The maximum atomic E-state index is 12.7. The Morgan fingerprint density at radius 3 is 2.79 bits per heavy atom. The number of carbonyl (C=O) groups excluding carboxylic acids is 1. The Balaban J connectivity index is 1.41. The van der Waals surface area contributed by atoms with Crippen molar-refractivity contribution >= 4 is 17.2 Å². The summed E-state index contributed by atoms with van der Waals surface area (Å²) in [6, 6.07) is 2.24. The number of ether oxygens (including phenoxy) is 1. The molecule has 0 bridgehead atoms. The fourth-order valence-corrected chi connectivity index (χ4v) is 5.46. The first kappa shape index (κ1) is 20.5. The molecule has 1 saturated carbocycles. The number of thiophene rings is 1. The second-order valence-corrected chi connectivity index (χ2v) is 9.41. The molecule has 0 aromatic carbocycles. The molecule has 4 atom stereocenters. The van der Waals surface area contributed by atoms with Crippen molar-refractivity contribution in [2.75, 3.05) is 40.8 Å². The van der Waals surface area contributed by atoms with E-state index in [0.717, 1.165) is 50.2 Å². The van der Waals surface area contributed by atoms with E-state index in [-0.39, 0.29) is 12.1 Å². The van der Waals surface area contributed by atoms with Crippen molar-refractivity contribution in [2.45, 2.75) is 37.8 Å². The SMILES string of the molecule is CO[C@@H]1C[C@H]2CN(C(=O)CCCN(C)C)C[C@H]2C[C@H]1n1cc(-c2ccsc2)nn1. The number of aromatic nitrogens is 3. The molecule has 0 unspecified atom stereocenters. The maximum Gasteiger partial charge on any atom is 0.222 e. The van der Waals surface area contributed by atoms with Gasteiger partial charge in [0, 0.05) is 37.6 Å². The fraction of sp³-hybridized carbons (Fsp3) is 0.667. The minimum absolute atomic E-state index is 0.108. The van der Waals surface area contributed by atoms with Gasteiger partial charge in [0.25, 0.3) is 0 Å². The van der Waals surface area contributed by atoms with Crippen LogP contribution in [0.5, 0.6) is 0 Å². The number of likely N-dealkylation sites (tertiary alicyclic amines) is 1. The summed E-state index contributed by atoms with van der Waals surface area (Å²) < 4.78 is 7.84. The van der Waals surface area contributed by atoms with Crippen LogP contribution in [0.25, 0.3) is 11.3 Å². The second-order valence-electron chi connectivity index (χ2n) is 8.63. The van der Waals surface area contributed by atoms with Crippen molar-refractivity contribution in [3.05, 3.63) is 23.0 Å². The van der Waals surface area contributed by atoms with Gasteiger partial charge in [-0.3, -0.25) is 4.79 Å². The van der Waals surface area contributed by atoms with E-state index in [1.807, 2.05) is 25.0 Å². The Kier molecular flexibility index (Phi) is 6.32. The predicted octanol–water partition coefficient (Wildman–Crippen LogP) is 2.77. The van der Waals surface area contributed by atoms with Gasteiger partial charge in [-0.05, 0) is 63.2 Å². The van der Waals surface area contributed by atoms with E-state index in [1.54, 1.807) is 18.4 Å². The monoisotopic (exact) mass is 417 g/mol. The Bertz CT molecular complexity index is 806. The standard InChI is InChI=1S/C21H31N5O2S/c1-24(2)7-4-5-21(27)25-11-16-9-19(20(28-3)10-17(16)12-25)26-13-18(22-23-26)15-6-8-29-14-15/h6,8,13-14,16-17,19-20H,4-5,7,9-12H2,1-3H3/t16-,17+,19-,20-/m1/s1. The highest BCUT2D eigenvalue weighted by Crippen LogP contribution is 2.42. The van der Waals surface area contributed by atoms with Gasteiger partial charge in [-0.25, -0.2) is 4.68 Å². The zero-order valence-corrected chi connectivity index (χ0v) is 18.3. The van der Waals surface area contributed by atoms with Crippen LogP contribution >= 0.6 is 11.3 Å². The molecular formula is C21H31N5O2S. The normalized spacial score (nSPS) is 26.8. The Hall–Kier alpha value is -1.77. The van der Waals surface area contributed by atoms with Gasteiger partial charge in [-0.1, -0.05) is 5.21 Å². The van der Waals surface area contributed by atoms with Crippen LogP contribution in [-0.2, 0) is 9.53 Å². The van der Waals surface area contributed by atoms with Crippen molar-refractivity contribution in [1.29, 1.82) is 0 Å². The molecule has 29 heavy (non-hydrogen) atoms. The minimum Gasteiger partial charge on any atom is -0.379 e. The average Bonchev–Trinajstić information content (AvgIpc) is 3.45. The van der Waals surface area contributed by atoms with Crippen LogP contribution in [-0.4, -0.2) is 77.6 Å². The van der Waals surface area contributed by atoms with Crippen molar-refractivity contribution in [3.8, 4) is 11.3 Å². The molecule has 3 heterocycles. The number of fused-ring (bicyclic) bond motifs is 1. The highest BCUT2D eigenvalue weighted by Gasteiger charge is 2.44. The summed E-state index contributed by atoms with van der Waals surface area (Å²) in [5.74, 6) is 1.33. The summed E-state index contributed by atoms with van der Waals surface area (Å²) in [6.45, 7) is 2.69. The second kappa shape index (κ2) is 8.93. The molecule has 2 fully saturated rings. The molecule has 2 aliphatic rings. The van der Waals surface area contributed by atoms with Gasteiger partial charge in [-0.2, -0.15) is 11.3 Å². The summed E-state index contributed by atoms with van der Waals surface area (Å²) in [4.78, 5) is 16.9. The van der Waals surface area contributed by atoms with Gasteiger partial charge >= 0.3 is 0 Å². The number of carbonyl (C=O) groups is 1. The van der Waals surface area contributed by atoms with Crippen molar-refractivity contribution in [1.82, 2.24) is 24.8 Å². The van der Waals surface area contributed by atoms with E-state index in [2.05, 4.69) is 36.9 Å². The molecule has 4 rings (SSSR count). The van der Waals surface area contributed by atoms with Gasteiger partial charge in [0.15, 0.2) is 0 Å². The highest BCUT2D eigenvalue weighted by molar-refractivity contribution is 7.08. The van der Waals surface area contributed by atoms with Crippen LogP contribution in [0.3, 0.4) is 0 Å². The molecule has 2 aromatic rings. The third-order valence-electron chi connectivity index (χ3n) is 6.40. The van der Waals surface area contributed by atoms with Gasteiger partial charge in [-0.15, -0.1) is 5.10 Å². The van der Waals surface area contributed by atoms with E-state index in [1.165, 1.54) is 0 Å². The van der Waals surface area contributed by atoms with Gasteiger partial charge in [0.2, 0.25) is 5.91 Å². The highest BCUT2D eigenvalue weighted by atomic mass is 32.1. The predicted molar refractivity (Wildman–Crippen MR) is 114 cm³/mol. The molecule has 158 valence electrons. The molecule has 0 N–H and O–H groups in total. The smallest absolute Gasteiger partial charge is 0.222 e. The van der Waals surface area contributed by atoms with Gasteiger partial charge in [0.05, 0.1) is 18.3 Å². The molecule has 1 aliphatic carbocycles. The van der Waals surface area contributed by atoms with E-state index in [4.69, 9.17) is 4.74 Å². The third kappa shape index (κ3) is 4.54. The van der Waals surface area contributed by atoms with Gasteiger partial charge < -0.3 is 14.5 Å². The number of nitrogens with zero attached hydrogens (tertiary/aromatic N) is 5. The first-order valence-electron chi connectivity index (χ1n) is 10.4. The first-order chi connectivity index (χ1) is 14.0. The average molecular weight is 418 g/mol. The number of hydrogen-bond donors (Lipinski definition) is 0. The molecular weight excluding hydrogens is 386 g/mol. The van der Waals surface area contributed by atoms with E-state index < -0.39 is 0 Å². The summed E-state index contributed by atoms with van der Waals surface area (Å²) in [5, 5.41) is 12.9. The number of methoxy groups -OCH3 is 1. The van der Waals surface area contributed by atoms with Crippen LogP contribution < -0.4 is 0 Å². The van der Waals surface area contributed by atoms with E-state index in [9.17, 15) is 4.79 Å². The van der Waals surface area contributed by atoms with Crippen LogP contribution in [0, 0.1) is 11.8 Å². The molecule has 1 aliphatic heterocycles. The van der Waals surface area contributed by atoms with Crippen LogP contribution in [0.2, 0.25) is 0 Å². The summed E-state index contributed by atoms with van der Waals surface area (Å²) >= 11 is 1.66. The van der Waals surface area contributed by atoms with Gasteiger partial charge in [0.1, 0.15) is 5.69 Å². The van der Waals surface area contributed by atoms with Crippen LogP contribution in [0.4, 0.5) is 0 Å². The molecule has 1 saturated heterocycles. The van der Waals surface area contributed by atoms with Crippen LogP contribution in [0.1, 0.15) is 31.7 Å². The van der Waals surface area contributed by atoms with Crippen molar-refractivity contribution in [3.63, 3.8) is 0 Å². The molecule has 0 spiro atoms. The molecule has 8 heteroatoms. The number of amides is 1. The lowest BCUT2D eigenvalue weighted by molar-refractivity contribution is -0.130. The zero-order chi connectivity index (χ0) is 20.4. The largest absolute Gasteiger partial charge is 0.379 e. The lowest BCUT2D eigenvalue weighted by Gasteiger charge is -2.36. The Morgan fingerprint density at radius 2 is 2.10 bits per heavy atom. The molecule has 2 aromatic heterocycles. The van der Waals surface area contributed by atoms with E-state index in [0.29, 0.717) is 24.2 Å². The molecule has 0 radical (unpaired) electrons. The molecule has 7 nitrogen and oxygen atoms in total. The number of rotatable bonds is 7. The first-order valence-corrected chi connectivity index (χ1v) is 11.4. The zero-order valence-electron chi connectivity index (χ0n) is 17.5. The Morgan fingerprint density at radius 1 is 1.31 bits per heavy atom. The lowest BCUT2D eigenvalue weighted by Crippen LogP contribution is -2.37. The quantitative estimate of drug-likeness (QED) is 0.693. The maximum absolute atomic E-state index is 12.7. The topological polar surface area (TPSA) is 63.5 Å². The Labute approximate surface area is 176 Å². The fourth-order valence-electron chi connectivity index (χ4n) is 4.81. The number of hydrogen-bond acceptors (Lipinski definition) is 6. The summed E-state index contributed by atoms with van der Waals surface area (Å²) in [5.41, 5.74) is 2.02. The van der Waals surface area contributed by atoms with E-state index >= 15 is 0 Å².